The highest BCUT2D eigenvalue weighted by Crippen LogP contribution is 2.45. The maximum Gasteiger partial charge on any atom is 0.247 e. The van der Waals surface area contributed by atoms with Crippen molar-refractivity contribution in [3.8, 4) is 0 Å². The van der Waals surface area contributed by atoms with E-state index in [1.54, 1.807) is 0 Å². The van der Waals surface area contributed by atoms with Gasteiger partial charge < -0.3 is 0 Å². The number of benzene rings is 3. The lowest BCUT2D eigenvalue weighted by Crippen LogP contribution is -2.16. The quantitative estimate of drug-likeness (QED) is 0.392. The van der Waals surface area contributed by atoms with E-state index >= 15 is 0 Å². The smallest absolute Gasteiger partial charge is 0.247 e. The third-order valence-corrected chi connectivity index (χ3v) is 6.97. The van der Waals surface area contributed by atoms with Gasteiger partial charge in [0.15, 0.2) is 0 Å². The van der Waals surface area contributed by atoms with E-state index in [-0.39, 0.29) is 0 Å². The molecule has 0 saturated heterocycles. The lowest BCUT2D eigenvalue weighted by atomic mass is 10.1. The molecule has 0 aromatic heterocycles. The van der Waals surface area contributed by atoms with Gasteiger partial charge in [0.1, 0.15) is 0 Å². The van der Waals surface area contributed by atoms with Crippen LogP contribution in [-0.4, -0.2) is 5.71 Å². The molecule has 0 saturated carbocycles. The van der Waals surface area contributed by atoms with E-state index in [9.17, 15) is 4.57 Å². The fourth-order valence-corrected chi connectivity index (χ4v) is 5.33. The van der Waals surface area contributed by atoms with Crippen LogP contribution in [-0.2, 0) is 4.57 Å². The maximum absolute atomic E-state index is 14.1. The van der Waals surface area contributed by atoms with Crippen LogP contribution in [0.15, 0.2) is 101 Å². The third kappa shape index (κ3) is 4.53. The Morgan fingerprint density at radius 3 is 1.70 bits per heavy atom. The number of allylic oxidation sites excluding steroid dienone is 1. The average molecular weight is 373 g/mol. The van der Waals surface area contributed by atoms with Crippen molar-refractivity contribution < 1.29 is 4.57 Å². The summed E-state index contributed by atoms with van der Waals surface area (Å²) in [5, 5.41) is 1.52. The molecular weight excluding hydrogens is 349 g/mol. The summed E-state index contributed by atoms with van der Waals surface area (Å²) in [7, 11) is -3.11. The van der Waals surface area contributed by atoms with Gasteiger partial charge in [-0.25, -0.2) is 4.76 Å². The van der Waals surface area contributed by atoms with Crippen LogP contribution in [0, 0.1) is 0 Å². The standard InChI is InChI=1S/C24H24NOP/c1-3-24(20(2)19-21-13-7-4-8-14-21)25-27(26,22-15-9-5-10-16-22)23-17-11-6-12-18-23/h4-19H,3H2,1-2H3/b20-19+,25-24+. The van der Waals surface area contributed by atoms with Crippen molar-refractivity contribution in [2.75, 3.05) is 0 Å². The number of rotatable bonds is 6. The predicted molar refractivity (Wildman–Crippen MR) is 118 cm³/mol. The monoisotopic (exact) mass is 373 g/mol. The van der Waals surface area contributed by atoms with Crippen molar-refractivity contribution in [1.29, 1.82) is 0 Å². The van der Waals surface area contributed by atoms with Gasteiger partial charge in [-0.1, -0.05) is 79.7 Å². The van der Waals surface area contributed by atoms with Gasteiger partial charge >= 0.3 is 0 Å². The van der Waals surface area contributed by atoms with Gasteiger partial charge in [-0.3, -0.25) is 4.57 Å². The number of nitrogens with zero attached hydrogens (tertiary/aromatic N) is 1. The van der Waals surface area contributed by atoms with Crippen LogP contribution in [0.25, 0.3) is 6.08 Å². The summed E-state index contributed by atoms with van der Waals surface area (Å²) >= 11 is 0. The Hall–Kier alpha value is -2.70. The van der Waals surface area contributed by atoms with Gasteiger partial charge in [-0.15, -0.1) is 0 Å². The zero-order valence-corrected chi connectivity index (χ0v) is 16.6. The fourth-order valence-electron chi connectivity index (χ4n) is 3.01. The van der Waals surface area contributed by atoms with Gasteiger partial charge in [-0.2, -0.15) is 0 Å². The highest BCUT2D eigenvalue weighted by Gasteiger charge is 2.27. The Labute approximate surface area is 161 Å². The zero-order chi connectivity index (χ0) is 19.1. The van der Waals surface area contributed by atoms with Gasteiger partial charge in [0, 0.05) is 16.3 Å². The first-order valence-corrected chi connectivity index (χ1v) is 10.8. The minimum absolute atomic E-state index is 0.721. The van der Waals surface area contributed by atoms with E-state index in [1.807, 2.05) is 85.8 Å². The molecule has 0 heterocycles. The first-order chi connectivity index (χ1) is 13.1. The highest BCUT2D eigenvalue weighted by molar-refractivity contribution is 7.77. The van der Waals surface area contributed by atoms with Crippen LogP contribution in [0.4, 0.5) is 0 Å². The van der Waals surface area contributed by atoms with Crippen molar-refractivity contribution in [3.05, 3.63) is 102 Å². The normalized spacial score (nSPS) is 12.8. The van der Waals surface area contributed by atoms with Crippen LogP contribution in [0.3, 0.4) is 0 Å². The molecule has 0 radical (unpaired) electrons. The topological polar surface area (TPSA) is 29.4 Å². The molecule has 0 aliphatic heterocycles. The van der Waals surface area contributed by atoms with E-state index in [0.717, 1.165) is 33.9 Å². The summed E-state index contributed by atoms with van der Waals surface area (Å²) in [5.41, 5.74) is 3.02. The molecule has 0 bridgehead atoms. The van der Waals surface area contributed by atoms with Crippen LogP contribution >= 0.6 is 7.29 Å². The van der Waals surface area contributed by atoms with E-state index in [1.165, 1.54) is 0 Å². The molecule has 0 unspecified atom stereocenters. The van der Waals surface area contributed by atoms with Crippen molar-refractivity contribution >= 4 is 29.7 Å². The summed E-state index contributed by atoms with van der Waals surface area (Å²) in [4.78, 5) is 0. The van der Waals surface area contributed by atoms with Crippen LogP contribution < -0.4 is 10.6 Å². The zero-order valence-electron chi connectivity index (χ0n) is 15.7. The third-order valence-electron chi connectivity index (χ3n) is 4.45. The molecule has 0 aliphatic rings. The Balaban J connectivity index is 2.12. The minimum Gasteiger partial charge on any atom is -0.288 e. The van der Waals surface area contributed by atoms with Gasteiger partial charge in [0.25, 0.3) is 0 Å². The van der Waals surface area contributed by atoms with E-state index in [4.69, 9.17) is 4.76 Å². The van der Waals surface area contributed by atoms with Crippen molar-refractivity contribution in [2.24, 2.45) is 4.76 Å². The lowest BCUT2D eigenvalue weighted by Gasteiger charge is -2.17. The first kappa shape index (κ1) is 19.1. The van der Waals surface area contributed by atoms with Gasteiger partial charge in [0.2, 0.25) is 7.29 Å². The molecule has 2 nitrogen and oxygen atoms in total. The molecule has 3 rings (SSSR count). The number of hydrogen-bond donors (Lipinski definition) is 0. The molecule has 136 valence electrons. The van der Waals surface area contributed by atoms with E-state index in [2.05, 4.69) is 25.1 Å². The summed E-state index contributed by atoms with van der Waals surface area (Å²) in [6.45, 7) is 4.09. The van der Waals surface area contributed by atoms with Crippen molar-refractivity contribution in [2.45, 2.75) is 20.3 Å². The van der Waals surface area contributed by atoms with E-state index < -0.39 is 7.29 Å². The predicted octanol–water partition coefficient (Wildman–Crippen LogP) is 5.87. The molecule has 0 aliphatic carbocycles. The van der Waals surface area contributed by atoms with Crippen molar-refractivity contribution in [1.82, 2.24) is 0 Å². The number of hydrogen-bond acceptors (Lipinski definition) is 1. The van der Waals surface area contributed by atoms with Gasteiger partial charge in [-0.05, 0) is 48.7 Å². The molecule has 3 aromatic carbocycles. The second-order valence-electron chi connectivity index (χ2n) is 6.39. The molecule has 0 spiro atoms. The Morgan fingerprint density at radius 2 is 1.26 bits per heavy atom. The van der Waals surface area contributed by atoms with Crippen molar-refractivity contribution in [3.63, 3.8) is 0 Å². The molecule has 0 atom stereocenters. The Morgan fingerprint density at radius 1 is 0.815 bits per heavy atom. The summed E-state index contributed by atoms with van der Waals surface area (Å²) in [5.74, 6) is 0. The Bertz CT molecular complexity index is 933. The summed E-state index contributed by atoms with van der Waals surface area (Å²) < 4.78 is 19.0. The molecular formula is C24H24NOP. The van der Waals surface area contributed by atoms with Crippen LogP contribution in [0.5, 0.6) is 0 Å². The van der Waals surface area contributed by atoms with Gasteiger partial charge in [0.05, 0.1) is 0 Å². The average Bonchev–Trinajstić information content (AvgIpc) is 2.73. The largest absolute Gasteiger partial charge is 0.288 e. The molecule has 0 amide bonds. The highest BCUT2D eigenvalue weighted by atomic mass is 31.2. The fraction of sp³-hybridized carbons (Fsp3) is 0.125. The Kier molecular flexibility index (Phi) is 6.21. The molecule has 0 fully saturated rings. The second-order valence-corrected chi connectivity index (χ2v) is 8.77. The molecule has 27 heavy (non-hydrogen) atoms. The minimum atomic E-state index is -3.11. The lowest BCUT2D eigenvalue weighted by molar-refractivity contribution is 0.588. The summed E-state index contributed by atoms with van der Waals surface area (Å²) in [6, 6.07) is 29.3. The molecule has 3 heteroatoms. The van der Waals surface area contributed by atoms with E-state index in [0.29, 0.717) is 0 Å². The van der Waals surface area contributed by atoms with Crippen LogP contribution in [0.1, 0.15) is 25.8 Å². The summed E-state index contributed by atoms with van der Waals surface area (Å²) in [6.07, 6.45) is 2.82. The molecule has 3 aromatic rings. The first-order valence-electron chi connectivity index (χ1n) is 9.17. The SMILES string of the molecule is CCC(=N\P(=O)(c1ccccc1)c1ccccc1)/C(C)=C/c1ccccc1. The maximum atomic E-state index is 14.1. The second kappa shape index (κ2) is 8.79. The van der Waals surface area contributed by atoms with Crippen LogP contribution in [0.2, 0.25) is 0 Å². The molecule has 0 N–H and O–H groups in total.